The summed E-state index contributed by atoms with van der Waals surface area (Å²) in [7, 11) is 0. The predicted octanol–water partition coefficient (Wildman–Crippen LogP) is 5.63. The fourth-order valence-electron chi connectivity index (χ4n) is 3.10. The monoisotopic (exact) mass is 290 g/mol. The van der Waals surface area contributed by atoms with Gasteiger partial charge in [0, 0.05) is 11.8 Å². The van der Waals surface area contributed by atoms with Crippen LogP contribution in [0.4, 0.5) is 0 Å². The molecule has 1 saturated carbocycles. The van der Waals surface area contributed by atoms with Crippen molar-refractivity contribution in [2.45, 2.75) is 44.9 Å². The second-order valence-electron chi connectivity index (χ2n) is 5.75. The van der Waals surface area contributed by atoms with Crippen LogP contribution in [-0.2, 0) is 0 Å². The van der Waals surface area contributed by atoms with E-state index in [-0.39, 0.29) is 5.78 Å². The minimum atomic E-state index is 0.115. The summed E-state index contributed by atoms with van der Waals surface area (Å²) in [5.41, 5.74) is 0.624. The zero-order chi connectivity index (χ0) is 13.9. The van der Waals surface area contributed by atoms with Crippen LogP contribution in [0, 0.1) is 5.92 Å². The van der Waals surface area contributed by atoms with Gasteiger partial charge in [0.2, 0.25) is 0 Å². The minimum Gasteiger partial charge on any atom is -0.451 e. The number of Topliss-reactive ketones (excluding diaryl/α,β-unsaturated/α-hetero) is 1. The van der Waals surface area contributed by atoms with Crippen molar-refractivity contribution in [1.82, 2.24) is 0 Å². The first kappa shape index (κ1) is 13.7. The van der Waals surface area contributed by atoms with E-state index in [0.29, 0.717) is 28.7 Å². The zero-order valence-corrected chi connectivity index (χ0v) is 12.3. The van der Waals surface area contributed by atoms with Gasteiger partial charge in [-0.25, -0.2) is 0 Å². The number of para-hydroxylation sites is 1. The number of fused-ring (bicyclic) bond motifs is 1. The lowest BCUT2D eigenvalue weighted by Gasteiger charge is -2.11. The van der Waals surface area contributed by atoms with Gasteiger partial charge in [-0.2, -0.15) is 0 Å². The zero-order valence-electron chi connectivity index (χ0n) is 11.5. The van der Waals surface area contributed by atoms with Crippen molar-refractivity contribution in [2.75, 3.05) is 0 Å². The molecule has 0 bridgehead atoms. The largest absolute Gasteiger partial charge is 0.451 e. The first-order chi connectivity index (χ1) is 9.74. The molecule has 0 radical (unpaired) electrons. The van der Waals surface area contributed by atoms with Gasteiger partial charge < -0.3 is 4.42 Å². The molecule has 0 N–H and O–H groups in total. The van der Waals surface area contributed by atoms with E-state index in [4.69, 9.17) is 16.0 Å². The van der Waals surface area contributed by atoms with Crippen molar-refractivity contribution >= 4 is 28.4 Å². The highest BCUT2D eigenvalue weighted by molar-refractivity contribution is 6.34. The molecular formula is C17H19ClO2. The fourth-order valence-corrected chi connectivity index (χ4v) is 3.32. The van der Waals surface area contributed by atoms with E-state index in [1.807, 2.05) is 18.2 Å². The van der Waals surface area contributed by atoms with Crippen molar-refractivity contribution in [3.8, 4) is 0 Å². The van der Waals surface area contributed by atoms with E-state index in [0.717, 1.165) is 5.39 Å². The Hall–Kier alpha value is -1.28. The van der Waals surface area contributed by atoms with E-state index in [2.05, 4.69) is 0 Å². The predicted molar refractivity (Wildman–Crippen MR) is 81.4 cm³/mol. The smallest absolute Gasteiger partial charge is 0.198 e. The standard InChI is InChI=1S/C17H19ClO2/c18-14-9-5-8-13-11-16(20-17(13)14)15(19)10-12-6-3-1-2-4-7-12/h5,8-9,11-12H,1-4,6-7,10H2. The first-order valence-electron chi connectivity index (χ1n) is 7.45. The van der Waals surface area contributed by atoms with E-state index in [1.54, 1.807) is 6.07 Å². The molecule has 0 spiro atoms. The molecule has 3 rings (SSSR count). The average Bonchev–Trinajstić information content (AvgIpc) is 2.72. The highest BCUT2D eigenvalue weighted by Crippen LogP contribution is 2.30. The molecule has 3 heteroatoms. The van der Waals surface area contributed by atoms with Gasteiger partial charge in [-0.3, -0.25) is 4.79 Å². The molecule has 0 amide bonds. The molecule has 1 aromatic heterocycles. The number of halogens is 1. The Morgan fingerprint density at radius 1 is 1.20 bits per heavy atom. The number of carbonyl (C=O) groups is 1. The van der Waals surface area contributed by atoms with Crippen molar-refractivity contribution in [2.24, 2.45) is 5.92 Å². The van der Waals surface area contributed by atoms with Gasteiger partial charge in [-0.1, -0.05) is 62.3 Å². The minimum absolute atomic E-state index is 0.115. The SMILES string of the molecule is O=C(CC1CCCCCC1)c1cc2cccc(Cl)c2o1. The maximum Gasteiger partial charge on any atom is 0.198 e. The summed E-state index contributed by atoms with van der Waals surface area (Å²) in [6.07, 6.45) is 8.08. The summed E-state index contributed by atoms with van der Waals surface area (Å²) >= 11 is 6.08. The molecule has 0 saturated heterocycles. The van der Waals surface area contributed by atoms with Crippen LogP contribution in [0.25, 0.3) is 11.0 Å². The van der Waals surface area contributed by atoms with Crippen LogP contribution in [-0.4, -0.2) is 5.78 Å². The fraction of sp³-hybridized carbons (Fsp3) is 0.471. The van der Waals surface area contributed by atoms with Gasteiger partial charge in [0.25, 0.3) is 0 Å². The molecule has 1 aliphatic carbocycles. The van der Waals surface area contributed by atoms with Gasteiger partial charge in [0.15, 0.2) is 17.1 Å². The Labute approximate surface area is 124 Å². The molecule has 1 heterocycles. The lowest BCUT2D eigenvalue weighted by Crippen LogP contribution is -2.07. The number of furan rings is 1. The van der Waals surface area contributed by atoms with Crippen molar-refractivity contribution in [3.63, 3.8) is 0 Å². The average molecular weight is 291 g/mol. The molecule has 2 nitrogen and oxygen atoms in total. The topological polar surface area (TPSA) is 30.2 Å². The summed E-state index contributed by atoms with van der Waals surface area (Å²) in [6.45, 7) is 0. The van der Waals surface area contributed by atoms with E-state index >= 15 is 0 Å². The summed E-state index contributed by atoms with van der Waals surface area (Å²) in [6, 6.07) is 7.40. The number of carbonyl (C=O) groups excluding carboxylic acids is 1. The van der Waals surface area contributed by atoms with Gasteiger partial charge in [-0.05, 0) is 18.1 Å². The second kappa shape index (κ2) is 6.01. The molecule has 1 aliphatic rings. The third-order valence-electron chi connectivity index (χ3n) is 4.22. The van der Waals surface area contributed by atoms with Crippen LogP contribution >= 0.6 is 11.6 Å². The van der Waals surface area contributed by atoms with E-state index < -0.39 is 0 Å². The molecule has 2 aromatic rings. The second-order valence-corrected chi connectivity index (χ2v) is 6.16. The van der Waals surface area contributed by atoms with Gasteiger partial charge in [-0.15, -0.1) is 0 Å². The van der Waals surface area contributed by atoms with Gasteiger partial charge in [0.05, 0.1) is 5.02 Å². The Morgan fingerprint density at radius 3 is 2.65 bits per heavy atom. The third-order valence-corrected chi connectivity index (χ3v) is 4.52. The van der Waals surface area contributed by atoms with Crippen molar-refractivity contribution < 1.29 is 9.21 Å². The van der Waals surface area contributed by atoms with Gasteiger partial charge in [0.1, 0.15) is 0 Å². The summed E-state index contributed by atoms with van der Waals surface area (Å²) in [4.78, 5) is 12.4. The maximum atomic E-state index is 12.4. The van der Waals surface area contributed by atoms with Crippen LogP contribution in [0.5, 0.6) is 0 Å². The molecule has 0 atom stereocenters. The molecule has 0 unspecified atom stereocenters. The Bertz CT molecular complexity index is 606. The highest BCUT2D eigenvalue weighted by atomic mass is 35.5. The van der Waals surface area contributed by atoms with Gasteiger partial charge >= 0.3 is 0 Å². The number of hydrogen-bond acceptors (Lipinski definition) is 2. The van der Waals surface area contributed by atoms with Crippen LogP contribution in [0.2, 0.25) is 5.02 Å². The quantitative estimate of drug-likeness (QED) is 0.542. The summed E-state index contributed by atoms with van der Waals surface area (Å²) in [5, 5.41) is 1.47. The normalized spacial score (nSPS) is 17.2. The Balaban J connectivity index is 1.76. The van der Waals surface area contributed by atoms with E-state index in [1.165, 1.54) is 38.5 Å². The molecule has 106 valence electrons. The molecule has 1 fully saturated rings. The summed E-state index contributed by atoms with van der Waals surface area (Å²) < 4.78 is 5.65. The van der Waals surface area contributed by atoms with Crippen molar-refractivity contribution in [1.29, 1.82) is 0 Å². The Kier molecular flexibility index (Phi) is 4.11. The first-order valence-corrected chi connectivity index (χ1v) is 7.83. The van der Waals surface area contributed by atoms with E-state index in [9.17, 15) is 4.79 Å². The lowest BCUT2D eigenvalue weighted by atomic mass is 9.94. The summed E-state index contributed by atoms with van der Waals surface area (Å²) in [5.74, 6) is 1.09. The van der Waals surface area contributed by atoms with Crippen LogP contribution < -0.4 is 0 Å². The van der Waals surface area contributed by atoms with Crippen molar-refractivity contribution in [3.05, 3.63) is 35.0 Å². The third kappa shape index (κ3) is 2.90. The number of hydrogen-bond donors (Lipinski definition) is 0. The number of rotatable bonds is 3. The van der Waals surface area contributed by atoms with Crippen LogP contribution in [0.3, 0.4) is 0 Å². The molecule has 20 heavy (non-hydrogen) atoms. The highest BCUT2D eigenvalue weighted by Gasteiger charge is 2.20. The molecule has 1 aromatic carbocycles. The maximum absolute atomic E-state index is 12.4. The Morgan fingerprint density at radius 2 is 1.95 bits per heavy atom. The lowest BCUT2D eigenvalue weighted by molar-refractivity contribution is 0.0932. The van der Waals surface area contributed by atoms with Crippen LogP contribution in [0.15, 0.2) is 28.7 Å². The molecule has 0 aliphatic heterocycles. The number of benzene rings is 1. The number of ketones is 1. The van der Waals surface area contributed by atoms with Crippen LogP contribution in [0.1, 0.15) is 55.5 Å². The molecular weight excluding hydrogens is 272 g/mol.